The first-order chi connectivity index (χ1) is 15.7. The molecule has 0 bridgehead atoms. The first-order valence-electron chi connectivity index (χ1n) is 10.8. The Bertz CT molecular complexity index is 1290. The highest BCUT2D eigenvalue weighted by atomic mass is 32.2. The molecule has 1 unspecified atom stereocenters. The number of allylic oxidation sites excluding steroid dienone is 1. The molecule has 2 aromatic heterocycles. The van der Waals surface area contributed by atoms with Crippen LogP contribution in [0.15, 0.2) is 59.6 Å². The lowest BCUT2D eigenvalue weighted by atomic mass is 10.1. The lowest BCUT2D eigenvalue weighted by Crippen LogP contribution is -2.56. The van der Waals surface area contributed by atoms with Crippen LogP contribution < -0.4 is 4.90 Å². The topological polar surface area (TPSA) is 79.3 Å². The van der Waals surface area contributed by atoms with Crippen molar-refractivity contribution in [2.24, 2.45) is 5.92 Å². The number of carbonyl (C=O) groups excluding carboxylic acids is 2. The zero-order valence-corrected chi connectivity index (χ0v) is 18.1. The molecule has 7 nitrogen and oxygen atoms in total. The number of imide groups is 1. The Labute approximate surface area is 188 Å². The van der Waals surface area contributed by atoms with Crippen LogP contribution in [0.2, 0.25) is 0 Å². The van der Waals surface area contributed by atoms with Crippen LogP contribution in [0.1, 0.15) is 31.6 Å². The number of carbonyl (C=O) groups is 2. The van der Waals surface area contributed by atoms with Crippen LogP contribution in [-0.2, 0) is 4.79 Å². The van der Waals surface area contributed by atoms with Crippen molar-refractivity contribution in [3.63, 3.8) is 0 Å². The second-order valence-corrected chi connectivity index (χ2v) is 9.51. The monoisotopic (exact) mass is 445 g/mol. The number of hydrogen-bond donors (Lipinski definition) is 0. The van der Waals surface area contributed by atoms with Gasteiger partial charge >= 0.3 is 11.9 Å². The number of fused-ring (bicyclic) bond motifs is 2. The van der Waals surface area contributed by atoms with Crippen molar-refractivity contribution >= 4 is 50.8 Å². The summed E-state index contributed by atoms with van der Waals surface area (Å²) in [5.41, 5.74) is 1.26. The summed E-state index contributed by atoms with van der Waals surface area (Å²) in [6.07, 6.45) is 12.9. The summed E-state index contributed by atoms with van der Waals surface area (Å²) in [6, 6.07) is 7.38. The molecule has 1 fully saturated rings. The van der Waals surface area contributed by atoms with E-state index in [2.05, 4.69) is 9.97 Å². The minimum absolute atomic E-state index is 0.256. The largest absolute Gasteiger partial charge is 0.506 e. The number of benzene rings is 1. The van der Waals surface area contributed by atoms with Crippen molar-refractivity contribution in [3.8, 4) is 0 Å². The number of pyridine rings is 1. The smallest absolute Gasteiger partial charge is 0.444 e. The third-order valence-electron chi connectivity index (χ3n) is 6.42. The van der Waals surface area contributed by atoms with Gasteiger partial charge in [0.15, 0.2) is 10.9 Å². The normalized spacial score (nSPS) is 21.6. The van der Waals surface area contributed by atoms with Gasteiger partial charge in [-0.05, 0) is 24.8 Å². The van der Waals surface area contributed by atoms with E-state index < -0.39 is 5.25 Å². The minimum Gasteiger partial charge on any atom is -0.444 e. The van der Waals surface area contributed by atoms with Crippen molar-refractivity contribution in [2.45, 2.75) is 30.9 Å². The summed E-state index contributed by atoms with van der Waals surface area (Å²) in [5.74, 6) is 0.655. The van der Waals surface area contributed by atoms with E-state index in [4.69, 9.17) is 4.42 Å². The summed E-state index contributed by atoms with van der Waals surface area (Å²) < 4.78 is 7.27. The molecule has 1 atom stereocenters. The highest BCUT2D eigenvalue weighted by Gasteiger charge is 2.52. The number of anilines is 1. The average Bonchev–Trinajstić information content (AvgIpc) is 3.58. The third kappa shape index (κ3) is 3.09. The van der Waals surface area contributed by atoms with Crippen LogP contribution in [0.4, 0.5) is 10.5 Å². The standard InChI is InChI=1S/C24H21N4O3S/c29-23-21-18(11-20(32-21)22-26-9-10-31-22)27(14-15-5-1-2-6-15)24(30)28(23)19-13-25-12-16-7-3-4-8-17(16)19/h3-4,7-13,15,21H,1-2,5-6,14H2/q+1. The fourth-order valence-corrected chi connectivity index (χ4v) is 6.03. The predicted octanol–water partition coefficient (Wildman–Crippen LogP) is 4.49. The van der Waals surface area contributed by atoms with Gasteiger partial charge in [-0.3, -0.25) is 4.98 Å². The van der Waals surface area contributed by atoms with E-state index in [0.717, 1.165) is 34.2 Å². The highest BCUT2D eigenvalue weighted by Crippen LogP contribution is 2.41. The van der Waals surface area contributed by atoms with Crippen LogP contribution >= 0.6 is 11.8 Å². The van der Waals surface area contributed by atoms with Crippen molar-refractivity contribution in [3.05, 3.63) is 61.1 Å². The zero-order valence-electron chi connectivity index (χ0n) is 17.3. The van der Waals surface area contributed by atoms with E-state index in [0.29, 0.717) is 24.0 Å². The molecule has 3 aromatic rings. The van der Waals surface area contributed by atoms with Crippen LogP contribution in [-0.4, -0.2) is 44.0 Å². The number of hydrogen-bond acceptors (Lipinski definition) is 6. The Morgan fingerprint density at radius 3 is 2.81 bits per heavy atom. The number of rotatable bonds is 4. The maximum Gasteiger partial charge on any atom is 0.506 e. The molecule has 1 aromatic carbocycles. The molecule has 160 valence electrons. The van der Waals surface area contributed by atoms with Gasteiger partial charge in [0.1, 0.15) is 12.0 Å². The zero-order chi connectivity index (χ0) is 21.7. The van der Waals surface area contributed by atoms with Crippen LogP contribution in [0, 0.1) is 5.92 Å². The second-order valence-electron chi connectivity index (χ2n) is 8.37. The van der Waals surface area contributed by atoms with Gasteiger partial charge in [-0.15, -0.1) is 4.90 Å². The van der Waals surface area contributed by atoms with E-state index in [1.54, 1.807) is 23.2 Å². The van der Waals surface area contributed by atoms with Crippen molar-refractivity contribution in [2.75, 3.05) is 11.4 Å². The van der Waals surface area contributed by atoms with E-state index >= 15 is 0 Å². The number of thioether (sulfide) groups is 1. The Morgan fingerprint density at radius 1 is 1.16 bits per heavy atom. The maximum atomic E-state index is 13.8. The summed E-state index contributed by atoms with van der Waals surface area (Å²) >= 11 is 1.39. The first-order valence-corrected chi connectivity index (χ1v) is 11.7. The first kappa shape index (κ1) is 19.4. The van der Waals surface area contributed by atoms with Gasteiger partial charge in [-0.25, -0.2) is 9.78 Å². The molecule has 2 aliphatic heterocycles. The van der Waals surface area contributed by atoms with E-state index in [1.807, 2.05) is 30.3 Å². The van der Waals surface area contributed by atoms with Gasteiger partial charge in [0.05, 0.1) is 23.8 Å². The van der Waals surface area contributed by atoms with Gasteiger partial charge in [-0.2, -0.15) is 9.37 Å². The molecule has 3 aliphatic rings. The summed E-state index contributed by atoms with van der Waals surface area (Å²) in [7, 11) is 0. The van der Waals surface area contributed by atoms with E-state index in [1.165, 1.54) is 35.8 Å². The number of aromatic nitrogens is 2. The van der Waals surface area contributed by atoms with Crippen LogP contribution in [0.3, 0.4) is 0 Å². The van der Waals surface area contributed by atoms with Crippen LogP contribution in [0.5, 0.6) is 0 Å². The highest BCUT2D eigenvalue weighted by molar-refractivity contribution is 8.10. The van der Waals surface area contributed by atoms with E-state index in [9.17, 15) is 9.59 Å². The van der Waals surface area contributed by atoms with Gasteiger partial charge in [0.2, 0.25) is 5.89 Å². The van der Waals surface area contributed by atoms with Crippen molar-refractivity contribution in [1.82, 2.24) is 9.97 Å². The SMILES string of the molecule is O=C1C2SC(c3ncco3)=CC2=[N+](CC2CCCC2)C(=O)N1c1cncc2ccccc12. The molecule has 3 amide bonds. The molecule has 0 spiro atoms. The molecular formula is C24H21N4O3S+. The van der Waals surface area contributed by atoms with Gasteiger partial charge in [0.25, 0.3) is 0 Å². The number of oxazole rings is 1. The molecule has 1 saturated carbocycles. The molecular weight excluding hydrogens is 424 g/mol. The second kappa shape index (κ2) is 7.70. The summed E-state index contributed by atoms with van der Waals surface area (Å²) in [4.78, 5) is 38.1. The van der Waals surface area contributed by atoms with Gasteiger partial charge in [0, 0.05) is 23.0 Å². The van der Waals surface area contributed by atoms with Gasteiger partial charge < -0.3 is 4.42 Å². The summed E-state index contributed by atoms with van der Waals surface area (Å²) in [6.45, 7) is 0.614. The van der Waals surface area contributed by atoms with Crippen molar-refractivity contribution in [1.29, 1.82) is 0 Å². The lowest BCUT2D eigenvalue weighted by Gasteiger charge is -2.25. The Hall–Kier alpha value is -3.26. The molecule has 0 saturated heterocycles. The fourth-order valence-electron chi connectivity index (χ4n) is 4.86. The Morgan fingerprint density at radius 2 is 2.00 bits per heavy atom. The molecule has 0 radical (unpaired) electrons. The molecule has 32 heavy (non-hydrogen) atoms. The lowest BCUT2D eigenvalue weighted by molar-refractivity contribution is -0.436. The van der Waals surface area contributed by atoms with Crippen molar-refractivity contribution < 1.29 is 18.6 Å². The quantitative estimate of drug-likeness (QED) is 0.551. The molecule has 0 N–H and O–H groups in total. The number of urea groups is 1. The third-order valence-corrected chi connectivity index (χ3v) is 7.64. The van der Waals surface area contributed by atoms with Gasteiger partial charge in [-0.1, -0.05) is 42.8 Å². The Kier molecular flexibility index (Phi) is 4.68. The minimum atomic E-state index is -0.519. The Balaban J connectivity index is 1.47. The maximum absolute atomic E-state index is 13.8. The molecule has 4 heterocycles. The molecule has 1 aliphatic carbocycles. The molecule has 6 rings (SSSR count). The molecule has 8 heteroatoms. The van der Waals surface area contributed by atoms with E-state index in [-0.39, 0.29) is 11.9 Å². The average molecular weight is 446 g/mol. The van der Waals surface area contributed by atoms with Crippen LogP contribution in [0.25, 0.3) is 15.7 Å². The summed E-state index contributed by atoms with van der Waals surface area (Å²) in [5, 5.41) is 1.20. The number of nitrogens with zero attached hydrogens (tertiary/aromatic N) is 4. The predicted molar refractivity (Wildman–Crippen MR) is 123 cm³/mol. The number of amides is 3. The fraction of sp³-hybridized carbons (Fsp3) is 0.292.